The van der Waals surface area contributed by atoms with Crippen molar-refractivity contribution in [3.05, 3.63) is 70.0 Å². The van der Waals surface area contributed by atoms with E-state index in [4.69, 9.17) is 4.74 Å². The first-order valence-corrected chi connectivity index (χ1v) is 7.06. The first kappa shape index (κ1) is 16.0. The summed E-state index contributed by atoms with van der Waals surface area (Å²) in [5, 5.41) is 0. The number of halogens is 1. The molecule has 0 fully saturated rings. The zero-order valence-electron chi connectivity index (χ0n) is 13.2. The number of benzene rings is 2. The first-order chi connectivity index (χ1) is 10.4. The smallest absolute Gasteiger partial charge is 0.185 e. The van der Waals surface area contributed by atoms with Gasteiger partial charge in [0, 0.05) is 5.56 Å². The number of rotatable bonds is 4. The number of methoxy groups -OCH3 is 1. The monoisotopic (exact) mass is 298 g/mol. The van der Waals surface area contributed by atoms with Gasteiger partial charge in [0.1, 0.15) is 0 Å². The molecule has 0 unspecified atom stereocenters. The summed E-state index contributed by atoms with van der Waals surface area (Å²) in [6.07, 6.45) is 3.24. The fourth-order valence-corrected chi connectivity index (χ4v) is 2.24. The van der Waals surface area contributed by atoms with E-state index in [-0.39, 0.29) is 11.5 Å². The van der Waals surface area contributed by atoms with Crippen LogP contribution >= 0.6 is 0 Å². The molecule has 0 saturated carbocycles. The van der Waals surface area contributed by atoms with E-state index in [9.17, 15) is 9.18 Å². The lowest BCUT2D eigenvalue weighted by molar-refractivity contribution is 0.104. The average Bonchev–Trinajstić information content (AvgIpc) is 2.49. The molecule has 0 aliphatic rings. The molecule has 0 atom stereocenters. The minimum absolute atomic E-state index is 0.130. The summed E-state index contributed by atoms with van der Waals surface area (Å²) >= 11 is 0. The topological polar surface area (TPSA) is 26.3 Å². The number of carbonyl (C=O) groups excluding carboxylic acids is 1. The van der Waals surface area contributed by atoms with Crippen LogP contribution in [0.4, 0.5) is 4.39 Å². The minimum Gasteiger partial charge on any atom is -0.494 e. The molecule has 2 aromatic carbocycles. The van der Waals surface area contributed by atoms with Gasteiger partial charge in [0.15, 0.2) is 17.3 Å². The highest BCUT2D eigenvalue weighted by Gasteiger charge is 2.08. The Morgan fingerprint density at radius 1 is 1.05 bits per heavy atom. The third-order valence-corrected chi connectivity index (χ3v) is 3.73. The molecule has 114 valence electrons. The van der Waals surface area contributed by atoms with Crippen molar-refractivity contribution in [2.45, 2.75) is 20.8 Å². The van der Waals surface area contributed by atoms with E-state index in [1.807, 2.05) is 19.9 Å². The Balaban J connectivity index is 2.25. The van der Waals surface area contributed by atoms with Crippen molar-refractivity contribution in [2.24, 2.45) is 0 Å². The van der Waals surface area contributed by atoms with Gasteiger partial charge in [-0.25, -0.2) is 4.39 Å². The highest BCUT2D eigenvalue weighted by Crippen LogP contribution is 2.20. The van der Waals surface area contributed by atoms with Gasteiger partial charge in [0.05, 0.1) is 7.11 Å². The van der Waals surface area contributed by atoms with Crippen molar-refractivity contribution in [3.8, 4) is 5.75 Å². The number of aryl methyl sites for hydroxylation is 3. The molecule has 0 saturated heterocycles. The summed E-state index contributed by atoms with van der Waals surface area (Å²) < 4.78 is 18.5. The van der Waals surface area contributed by atoms with Gasteiger partial charge in [-0.2, -0.15) is 0 Å². The fourth-order valence-electron chi connectivity index (χ4n) is 2.24. The lowest BCUT2D eigenvalue weighted by atomic mass is 10.00. The van der Waals surface area contributed by atoms with E-state index in [2.05, 4.69) is 13.0 Å². The van der Waals surface area contributed by atoms with Crippen LogP contribution in [0, 0.1) is 26.6 Å². The van der Waals surface area contributed by atoms with E-state index < -0.39 is 5.82 Å². The maximum absolute atomic E-state index is 13.6. The van der Waals surface area contributed by atoms with Gasteiger partial charge in [-0.05, 0) is 67.3 Å². The standard InChI is InChI=1S/C19H19FO2/c1-12-9-14(3)15(10-13(12)2)5-7-18(21)16-6-8-19(22-4)17(20)11-16/h5-11H,1-4H3/b7-5+. The van der Waals surface area contributed by atoms with Crippen LogP contribution in [0.1, 0.15) is 32.6 Å². The van der Waals surface area contributed by atoms with Gasteiger partial charge in [-0.3, -0.25) is 4.79 Å². The predicted molar refractivity (Wildman–Crippen MR) is 87.0 cm³/mol. The highest BCUT2D eigenvalue weighted by molar-refractivity contribution is 6.07. The van der Waals surface area contributed by atoms with E-state index >= 15 is 0 Å². The van der Waals surface area contributed by atoms with Crippen LogP contribution in [-0.4, -0.2) is 12.9 Å². The average molecular weight is 298 g/mol. The zero-order chi connectivity index (χ0) is 16.3. The molecule has 0 aromatic heterocycles. The molecule has 0 N–H and O–H groups in total. The summed E-state index contributed by atoms with van der Waals surface area (Å²) in [4.78, 5) is 12.1. The van der Waals surface area contributed by atoms with Gasteiger partial charge in [-0.1, -0.05) is 18.2 Å². The maximum Gasteiger partial charge on any atom is 0.185 e. The molecule has 0 spiro atoms. The van der Waals surface area contributed by atoms with Crippen LogP contribution in [0.3, 0.4) is 0 Å². The van der Waals surface area contributed by atoms with Gasteiger partial charge in [0.2, 0.25) is 0 Å². The van der Waals surface area contributed by atoms with Gasteiger partial charge in [-0.15, -0.1) is 0 Å². The molecule has 0 aliphatic heterocycles. The normalized spacial score (nSPS) is 11.0. The van der Waals surface area contributed by atoms with Crippen LogP contribution in [0.2, 0.25) is 0 Å². The molecule has 2 rings (SSSR count). The zero-order valence-corrected chi connectivity index (χ0v) is 13.2. The van der Waals surface area contributed by atoms with Crippen LogP contribution < -0.4 is 4.74 Å². The summed E-state index contributed by atoms with van der Waals surface area (Å²) in [6.45, 7) is 6.09. The molecule has 0 heterocycles. The van der Waals surface area contributed by atoms with Crippen LogP contribution in [0.5, 0.6) is 5.75 Å². The summed E-state index contributed by atoms with van der Waals surface area (Å²) in [6, 6.07) is 8.34. The lowest BCUT2D eigenvalue weighted by Crippen LogP contribution is -1.97. The molecule has 22 heavy (non-hydrogen) atoms. The first-order valence-electron chi connectivity index (χ1n) is 7.06. The molecule has 0 amide bonds. The number of ether oxygens (including phenoxy) is 1. The van der Waals surface area contributed by atoms with Crippen molar-refractivity contribution >= 4 is 11.9 Å². The summed E-state index contributed by atoms with van der Waals surface area (Å²) in [7, 11) is 1.39. The van der Waals surface area contributed by atoms with E-state index in [1.165, 1.54) is 36.4 Å². The maximum atomic E-state index is 13.6. The molecule has 0 bridgehead atoms. The van der Waals surface area contributed by atoms with E-state index in [0.29, 0.717) is 5.56 Å². The van der Waals surface area contributed by atoms with E-state index in [1.54, 1.807) is 12.1 Å². The van der Waals surface area contributed by atoms with E-state index in [0.717, 1.165) is 11.1 Å². The van der Waals surface area contributed by atoms with Gasteiger partial charge < -0.3 is 4.74 Å². The lowest BCUT2D eigenvalue weighted by Gasteiger charge is -2.06. The highest BCUT2D eigenvalue weighted by atomic mass is 19.1. The number of ketones is 1. The van der Waals surface area contributed by atoms with Gasteiger partial charge in [0.25, 0.3) is 0 Å². The SMILES string of the molecule is COc1ccc(C(=O)/C=C/c2cc(C)c(C)cc2C)cc1F. The minimum atomic E-state index is -0.538. The van der Waals surface area contributed by atoms with Gasteiger partial charge >= 0.3 is 0 Å². The third kappa shape index (κ3) is 3.42. The fraction of sp³-hybridized carbons (Fsp3) is 0.211. The second kappa shape index (κ2) is 6.56. The number of allylic oxidation sites excluding steroid dienone is 1. The summed E-state index contributed by atoms with van der Waals surface area (Å²) in [5.41, 5.74) is 4.79. The Morgan fingerprint density at radius 2 is 1.73 bits per heavy atom. The van der Waals surface area contributed by atoms with Crippen molar-refractivity contribution in [1.82, 2.24) is 0 Å². The van der Waals surface area contributed by atoms with Crippen molar-refractivity contribution < 1.29 is 13.9 Å². The van der Waals surface area contributed by atoms with Crippen molar-refractivity contribution in [2.75, 3.05) is 7.11 Å². The Hall–Kier alpha value is -2.42. The molecule has 0 aliphatic carbocycles. The third-order valence-electron chi connectivity index (χ3n) is 3.73. The Kier molecular flexibility index (Phi) is 4.76. The molecular formula is C19H19FO2. The predicted octanol–water partition coefficient (Wildman–Crippen LogP) is 4.66. The summed E-state index contributed by atoms with van der Waals surface area (Å²) in [5.74, 6) is -0.645. The quantitative estimate of drug-likeness (QED) is 0.606. The Morgan fingerprint density at radius 3 is 2.36 bits per heavy atom. The van der Waals surface area contributed by atoms with Crippen LogP contribution in [-0.2, 0) is 0 Å². The molecule has 0 radical (unpaired) electrons. The molecule has 2 aromatic rings. The second-order valence-electron chi connectivity index (χ2n) is 5.34. The molecular weight excluding hydrogens is 279 g/mol. The van der Waals surface area contributed by atoms with Crippen LogP contribution in [0.15, 0.2) is 36.4 Å². The Labute approximate surface area is 130 Å². The Bertz CT molecular complexity index is 745. The van der Waals surface area contributed by atoms with Crippen molar-refractivity contribution in [3.63, 3.8) is 0 Å². The second-order valence-corrected chi connectivity index (χ2v) is 5.34. The number of hydrogen-bond donors (Lipinski definition) is 0. The largest absolute Gasteiger partial charge is 0.494 e. The van der Waals surface area contributed by atoms with Crippen molar-refractivity contribution in [1.29, 1.82) is 0 Å². The number of hydrogen-bond acceptors (Lipinski definition) is 2. The molecule has 3 heteroatoms. The van der Waals surface area contributed by atoms with Crippen LogP contribution in [0.25, 0.3) is 6.08 Å². The molecule has 2 nitrogen and oxygen atoms in total. The number of carbonyl (C=O) groups is 1.